The van der Waals surface area contributed by atoms with Gasteiger partial charge in [-0.15, -0.1) is 0 Å². The number of allylic oxidation sites excluding steroid dienone is 4. The largest absolute Gasteiger partial charge is 0.465 e. The Kier molecular flexibility index (Phi) is 1.33. The third-order valence-electron chi connectivity index (χ3n) is 2.69. The average Bonchev–Trinajstić information content (AvgIpc) is 2.65. The van der Waals surface area contributed by atoms with Gasteiger partial charge >= 0.3 is 0 Å². The van der Waals surface area contributed by atoms with Crippen molar-refractivity contribution in [1.82, 2.24) is 0 Å². The van der Waals surface area contributed by atoms with Crippen molar-refractivity contribution in [3.8, 4) is 0 Å². The summed E-state index contributed by atoms with van der Waals surface area (Å²) in [6.45, 7) is 0. The molecule has 2 aliphatic carbocycles. The van der Waals surface area contributed by atoms with E-state index in [4.69, 9.17) is 4.42 Å². The molecule has 1 aromatic heterocycles. The van der Waals surface area contributed by atoms with Gasteiger partial charge in [-0.1, -0.05) is 24.3 Å². The molecule has 1 heteroatoms. The van der Waals surface area contributed by atoms with Gasteiger partial charge in [0.15, 0.2) is 0 Å². The summed E-state index contributed by atoms with van der Waals surface area (Å²) in [6, 6.07) is 2.05. The van der Waals surface area contributed by atoms with Crippen LogP contribution in [0.25, 0.3) is 11.6 Å². The number of furan rings is 1. The van der Waals surface area contributed by atoms with Gasteiger partial charge in [-0.05, 0) is 24.1 Å². The molecule has 0 fully saturated rings. The monoisotopic (exact) mass is 170 g/mol. The van der Waals surface area contributed by atoms with Crippen molar-refractivity contribution in [1.29, 1.82) is 0 Å². The Morgan fingerprint density at radius 1 is 1.31 bits per heavy atom. The highest BCUT2D eigenvalue weighted by atomic mass is 16.3. The average molecular weight is 170 g/mol. The molecule has 0 N–H and O–H groups in total. The quantitative estimate of drug-likeness (QED) is 0.573. The molecular weight excluding hydrogens is 160 g/mol. The zero-order valence-corrected chi connectivity index (χ0v) is 7.23. The van der Waals surface area contributed by atoms with Crippen molar-refractivity contribution in [2.45, 2.75) is 6.42 Å². The second kappa shape index (κ2) is 2.49. The summed E-state index contributed by atoms with van der Waals surface area (Å²) in [5.41, 5.74) is 2.43. The molecule has 0 saturated heterocycles. The van der Waals surface area contributed by atoms with Crippen LogP contribution in [0.15, 0.2) is 41.1 Å². The Bertz CT molecular complexity index is 499. The van der Waals surface area contributed by atoms with E-state index in [9.17, 15) is 0 Å². The van der Waals surface area contributed by atoms with Gasteiger partial charge in [-0.2, -0.15) is 0 Å². The number of hydrogen-bond acceptors (Lipinski definition) is 1. The van der Waals surface area contributed by atoms with Gasteiger partial charge in [-0.25, -0.2) is 0 Å². The second-order valence-electron chi connectivity index (χ2n) is 3.44. The molecule has 0 bridgehead atoms. The summed E-state index contributed by atoms with van der Waals surface area (Å²) in [5, 5.41) is 1.26. The Balaban J connectivity index is 2.40. The first-order valence-corrected chi connectivity index (χ1v) is 4.58. The van der Waals surface area contributed by atoms with Crippen molar-refractivity contribution >= 4 is 11.6 Å². The maximum absolute atomic E-state index is 5.37. The van der Waals surface area contributed by atoms with E-state index < -0.39 is 0 Å². The zero-order valence-electron chi connectivity index (χ0n) is 7.23. The normalized spacial score (nSPS) is 23.7. The lowest BCUT2D eigenvalue weighted by molar-refractivity contribution is 0.526. The highest BCUT2D eigenvalue weighted by Gasteiger charge is 2.15. The minimum absolute atomic E-state index is 0.565. The van der Waals surface area contributed by atoms with Crippen LogP contribution in [0, 0.1) is 5.92 Å². The summed E-state index contributed by atoms with van der Waals surface area (Å²) in [6.07, 6.45) is 13.7. The number of fused-ring (bicyclic) bond motifs is 2. The highest BCUT2D eigenvalue weighted by Crippen LogP contribution is 2.23. The molecule has 1 heterocycles. The molecule has 2 aliphatic rings. The summed E-state index contributed by atoms with van der Waals surface area (Å²) in [7, 11) is 0. The van der Waals surface area contributed by atoms with Gasteiger partial charge in [0.2, 0.25) is 0 Å². The molecule has 0 amide bonds. The van der Waals surface area contributed by atoms with Crippen LogP contribution in [-0.4, -0.2) is 0 Å². The van der Waals surface area contributed by atoms with Crippen LogP contribution in [0.5, 0.6) is 0 Å². The van der Waals surface area contributed by atoms with Gasteiger partial charge in [0, 0.05) is 11.1 Å². The molecule has 0 aromatic carbocycles. The molecule has 13 heavy (non-hydrogen) atoms. The fourth-order valence-corrected chi connectivity index (χ4v) is 2.03. The third kappa shape index (κ3) is 0.934. The Morgan fingerprint density at radius 3 is 3.31 bits per heavy atom. The smallest absolute Gasteiger partial charge is 0.130 e. The molecule has 0 saturated carbocycles. The predicted octanol–water partition coefficient (Wildman–Crippen LogP) is 1.36. The van der Waals surface area contributed by atoms with Crippen molar-refractivity contribution in [2.24, 2.45) is 5.92 Å². The van der Waals surface area contributed by atoms with Crippen LogP contribution >= 0.6 is 0 Å². The summed E-state index contributed by atoms with van der Waals surface area (Å²) >= 11 is 0. The third-order valence-corrected chi connectivity index (χ3v) is 2.69. The van der Waals surface area contributed by atoms with Crippen LogP contribution < -0.4 is 10.6 Å². The van der Waals surface area contributed by atoms with E-state index in [1.54, 1.807) is 6.26 Å². The van der Waals surface area contributed by atoms with E-state index in [2.05, 4.69) is 36.4 Å². The van der Waals surface area contributed by atoms with Crippen molar-refractivity contribution < 1.29 is 4.42 Å². The molecule has 0 spiro atoms. The molecular formula is C12H10O. The number of rotatable bonds is 0. The maximum Gasteiger partial charge on any atom is 0.130 e. The fourth-order valence-electron chi connectivity index (χ4n) is 2.03. The van der Waals surface area contributed by atoms with E-state index in [0.717, 1.165) is 11.8 Å². The highest BCUT2D eigenvalue weighted by molar-refractivity contribution is 5.66. The summed E-state index contributed by atoms with van der Waals surface area (Å²) < 4.78 is 5.37. The molecule has 64 valence electrons. The lowest BCUT2D eigenvalue weighted by Crippen LogP contribution is -2.28. The first kappa shape index (κ1) is 6.96. The molecule has 1 nitrogen and oxygen atoms in total. The molecule has 0 aliphatic heterocycles. The van der Waals surface area contributed by atoms with E-state index in [-0.39, 0.29) is 0 Å². The van der Waals surface area contributed by atoms with Crippen molar-refractivity contribution in [3.05, 3.63) is 47.3 Å². The molecule has 1 aromatic rings. The van der Waals surface area contributed by atoms with Gasteiger partial charge in [0.05, 0.1) is 6.26 Å². The van der Waals surface area contributed by atoms with E-state index in [1.807, 2.05) is 0 Å². The summed E-state index contributed by atoms with van der Waals surface area (Å²) in [5.74, 6) is 0.565. The van der Waals surface area contributed by atoms with Crippen molar-refractivity contribution in [3.63, 3.8) is 0 Å². The lowest BCUT2D eigenvalue weighted by Gasteiger charge is -2.16. The van der Waals surface area contributed by atoms with Gasteiger partial charge in [0.25, 0.3) is 0 Å². The SMILES string of the molecule is C1=CC2=c3ccoc3=CCC2C=C1. The van der Waals surface area contributed by atoms with Gasteiger partial charge in [0.1, 0.15) is 5.42 Å². The van der Waals surface area contributed by atoms with Crippen LogP contribution in [0.4, 0.5) is 0 Å². The first-order chi connectivity index (χ1) is 6.45. The molecule has 3 rings (SSSR count). The maximum atomic E-state index is 5.37. The van der Waals surface area contributed by atoms with Crippen LogP contribution in [0.1, 0.15) is 6.42 Å². The van der Waals surface area contributed by atoms with E-state index >= 15 is 0 Å². The molecule has 1 atom stereocenters. The van der Waals surface area contributed by atoms with Gasteiger partial charge in [-0.3, -0.25) is 0 Å². The Labute approximate surface area is 76.4 Å². The minimum Gasteiger partial charge on any atom is -0.465 e. The zero-order chi connectivity index (χ0) is 8.67. The Morgan fingerprint density at radius 2 is 2.31 bits per heavy atom. The topological polar surface area (TPSA) is 13.1 Å². The van der Waals surface area contributed by atoms with E-state index in [0.29, 0.717) is 5.92 Å². The second-order valence-corrected chi connectivity index (χ2v) is 3.44. The Hall–Kier alpha value is -1.50. The van der Waals surface area contributed by atoms with Crippen LogP contribution in [0.2, 0.25) is 0 Å². The standard InChI is InChI=1S/C12H10O/c1-2-4-10-9(3-1)5-6-12-11(10)7-8-13-12/h1-4,6-9H,5H2. The van der Waals surface area contributed by atoms with Gasteiger partial charge < -0.3 is 4.42 Å². The summed E-state index contributed by atoms with van der Waals surface area (Å²) in [4.78, 5) is 0. The van der Waals surface area contributed by atoms with Crippen molar-refractivity contribution in [2.75, 3.05) is 0 Å². The first-order valence-electron chi connectivity index (χ1n) is 4.58. The van der Waals surface area contributed by atoms with Crippen LogP contribution in [0.3, 0.4) is 0 Å². The predicted molar refractivity (Wildman–Crippen MR) is 52.2 cm³/mol. The van der Waals surface area contributed by atoms with E-state index in [1.165, 1.54) is 10.8 Å². The lowest BCUT2D eigenvalue weighted by atomic mass is 9.88. The molecule has 0 radical (unpaired) electrons. The minimum atomic E-state index is 0.565. The molecule has 1 unspecified atom stereocenters. The van der Waals surface area contributed by atoms with Crippen LogP contribution in [-0.2, 0) is 0 Å². The fraction of sp³-hybridized carbons (Fsp3) is 0.167. The number of hydrogen-bond donors (Lipinski definition) is 0.